The van der Waals surface area contributed by atoms with Crippen LogP contribution in [0.1, 0.15) is 25.0 Å². The lowest BCUT2D eigenvalue weighted by molar-refractivity contribution is -0.123. The molecule has 0 bridgehead atoms. The molecule has 0 aliphatic rings. The SMILES string of the molecule is Cc1c(F)cc(C#N)cc1NC(=O)C(C)(C)CN. The summed E-state index contributed by atoms with van der Waals surface area (Å²) >= 11 is 0. The zero-order chi connectivity index (χ0) is 13.9. The topological polar surface area (TPSA) is 78.9 Å². The lowest BCUT2D eigenvalue weighted by atomic mass is 9.92. The second-order valence-electron chi connectivity index (χ2n) is 4.78. The number of nitriles is 1. The van der Waals surface area contributed by atoms with Crippen LogP contribution in [0.25, 0.3) is 0 Å². The Kier molecular flexibility index (Phi) is 4.04. The van der Waals surface area contributed by atoms with Gasteiger partial charge in [0.15, 0.2) is 0 Å². The molecule has 0 aliphatic heterocycles. The molecule has 1 amide bonds. The Labute approximate surface area is 106 Å². The third-order valence-corrected chi connectivity index (χ3v) is 2.85. The predicted octanol–water partition coefficient (Wildman–Crippen LogP) is 1.93. The quantitative estimate of drug-likeness (QED) is 0.859. The summed E-state index contributed by atoms with van der Waals surface area (Å²) in [6.07, 6.45) is 0. The van der Waals surface area contributed by atoms with Gasteiger partial charge in [-0.25, -0.2) is 4.39 Å². The number of nitrogens with two attached hydrogens (primary N) is 1. The van der Waals surface area contributed by atoms with E-state index in [1.165, 1.54) is 6.07 Å². The second kappa shape index (κ2) is 5.15. The first-order chi connectivity index (χ1) is 8.31. The number of carbonyl (C=O) groups is 1. The van der Waals surface area contributed by atoms with E-state index in [0.717, 1.165) is 6.07 Å². The van der Waals surface area contributed by atoms with Gasteiger partial charge in [0.25, 0.3) is 0 Å². The highest BCUT2D eigenvalue weighted by Crippen LogP contribution is 2.23. The molecule has 0 unspecified atom stereocenters. The maximum atomic E-state index is 13.5. The lowest BCUT2D eigenvalue weighted by Crippen LogP contribution is -2.37. The smallest absolute Gasteiger partial charge is 0.231 e. The van der Waals surface area contributed by atoms with Crippen molar-refractivity contribution < 1.29 is 9.18 Å². The van der Waals surface area contributed by atoms with Crippen LogP contribution in [0.3, 0.4) is 0 Å². The van der Waals surface area contributed by atoms with Crippen LogP contribution in [0.15, 0.2) is 12.1 Å². The van der Waals surface area contributed by atoms with E-state index in [0.29, 0.717) is 11.3 Å². The Morgan fingerprint density at radius 2 is 2.17 bits per heavy atom. The number of amides is 1. The van der Waals surface area contributed by atoms with Crippen LogP contribution < -0.4 is 11.1 Å². The van der Waals surface area contributed by atoms with Crippen LogP contribution in [0, 0.1) is 29.5 Å². The Morgan fingerprint density at radius 3 is 2.67 bits per heavy atom. The third kappa shape index (κ3) is 2.84. The van der Waals surface area contributed by atoms with Gasteiger partial charge in [-0.3, -0.25) is 4.79 Å². The van der Waals surface area contributed by atoms with Gasteiger partial charge in [-0.15, -0.1) is 0 Å². The molecule has 1 rings (SSSR count). The molecule has 0 saturated carbocycles. The third-order valence-electron chi connectivity index (χ3n) is 2.85. The van der Waals surface area contributed by atoms with Gasteiger partial charge >= 0.3 is 0 Å². The number of halogens is 1. The molecule has 0 atom stereocenters. The van der Waals surface area contributed by atoms with E-state index in [2.05, 4.69) is 5.32 Å². The maximum absolute atomic E-state index is 13.5. The maximum Gasteiger partial charge on any atom is 0.231 e. The highest BCUT2D eigenvalue weighted by Gasteiger charge is 2.26. The molecule has 0 saturated heterocycles. The fourth-order valence-electron chi connectivity index (χ4n) is 1.26. The molecule has 5 heteroatoms. The van der Waals surface area contributed by atoms with E-state index < -0.39 is 11.2 Å². The Morgan fingerprint density at radius 1 is 1.56 bits per heavy atom. The number of anilines is 1. The van der Waals surface area contributed by atoms with Gasteiger partial charge in [0.2, 0.25) is 5.91 Å². The summed E-state index contributed by atoms with van der Waals surface area (Å²) in [5, 5.41) is 11.4. The van der Waals surface area contributed by atoms with Crippen LogP contribution in [0.2, 0.25) is 0 Å². The standard InChI is InChI=1S/C13H16FN3O/c1-8-10(14)4-9(6-15)5-11(8)17-12(18)13(2,3)7-16/h4-5H,7,16H2,1-3H3,(H,17,18). The Hall–Kier alpha value is -1.93. The van der Waals surface area contributed by atoms with Crippen molar-refractivity contribution in [2.45, 2.75) is 20.8 Å². The molecular formula is C13H16FN3O. The molecule has 3 N–H and O–H groups in total. The fourth-order valence-corrected chi connectivity index (χ4v) is 1.26. The first-order valence-electron chi connectivity index (χ1n) is 5.53. The van der Waals surface area contributed by atoms with Crippen molar-refractivity contribution in [2.75, 3.05) is 11.9 Å². The zero-order valence-electron chi connectivity index (χ0n) is 10.7. The summed E-state index contributed by atoms with van der Waals surface area (Å²) in [6, 6.07) is 4.43. The number of nitrogens with one attached hydrogen (secondary N) is 1. The predicted molar refractivity (Wildman–Crippen MR) is 67.3 cm³/mol. The van der Waals surface area contributed by atoms with E-state index in [9.17, 15) is 9.18 Å². The summed E-state index contributed by atoms with van der Waals surface area (Å²) in [5.74, 6) is -0.822. The van der Waals surface area contributed by atoms with Crippen molar-refractivity contribution >= 4 is 11.6 Å². The monoisotopic (exact) mass is 249 g/mol. The minimum Gasteiger partial charge on any atom is -0.329 e. The average molecular weight is 249 g/mol. The second-order valence-corrected chi connectivity index (χ2v) is 4.78. The van der Waals surface area contributed by atoms with Crippen molar-refractivity contribution in [3.05, 3.63) is 29.1 Å². The number of nitrogens with zero attached hydrogens (tertiary/aromatic N) is 1. The van der Waals surface area contributed by atoms with Crippen molar-refractivity contribution in [3.8, 4) is 6.07 Å². The number of benzene rings is 1. The highest BCUT2D eigenvalue weighted by atomic mass is 19.1. The molecule has 0 fully saturated rings. The van der Waals surface area contributed by atoms with Crippen LogP contribution in [-0.4, -0.2) is 12.5 Å². The van der Waals surface area contributed by atoms with Crippen molar-refractivity contribution in [1.29, 1.82) is 5.26 Å². The van der Waals surface area contributed by atoms with Gasteiger partial charge in [0.1, 0.15) is 5.82 Å². The Balaban J connectivity index is 3.09. The molecule has 0 heterocycles. The van der Waals surface area contributed by atoms with E-state index in [1.54, 1.807) is 20.8 Å². The van der Waals surface area contributed by atoms with Crippen LogP contribution in [0.4, 0.5) is 10.1 Å². The number of hydrogen-bond donors (Lipinski definition) is 2. The molecule has 1 aromatic rings. The zero-order valence-corrected chi connectivity index (χ0v) is 10.7. The Bertz CT molecular complexity index is 518. The largest absolute Gasteiger partial charge is 0.329 e. The molecule has 18 heavy (non-hydrogen) atoms. The van der Waals surface area contributed by atoms with Gasteiger partial charge in [-0.05, 0) is 32.9 Å². The average Bonchev–Trinajstić information content (AvgIpc) is 2.34. The van der Waals surface area contributed by atoms with Gasteiger partial charge in [0, 0.05) is 17.8 Å². The minimum absolute atomic E-state index is 0.166. The van der Waals surface area contributed by atoms with Crippen molar-refractivity contribution in [3.63, 3.8) is 0 Å². The van der Waals surface area contributed by atoms with Crippen LogP contribution in [-0.2, 0) is 4.79 Å². The summed E-state index contributed by atoms with van der Waals surface area (Å²) < 4.78 is 13.5. The van der Waals surface area contributed by atoms with Crippen LogP contribution in [0.5, 0.6) is 0 Å². The molecule has 0 aromatic heterocycles. The first kappa shape index (κ1) is 14.1. The number of hydrogen-bond acceptors (Lipinski definition) is 3. The number of carbonyl (C=O) groups excluding carboxylic acids is 1. The molecule has 0 spiro atoms. The van der Waals surface area contributed by atoms with Gasteiger partial charge < -0.3 is 11.1 Å². The fraction of sp³-hybridized carbons (Fsp3) is 0.385. The summed E-state index contributed by atoms with van der Waals surface area (Å²) in [4.78, 5) is 11.9. The van der Waals surface area contributed by atoms with Crippen LogP contribution >= 0.6 is 0 Å². The van der Waals surface area contributed by atoms with Gasteiger partial charge in [-0.2, -0.15) is 5.26 Å². The van der Waals surface area contributed by atoms with Crippen molar-refractivity contribution in [2.24, 2.45) is 11.1 Å². The molecule has 0 aliphatic carbocycles. The minimum atomic E-state index is -0.744. The normalized spacial score (nSPS) is 10.9. The molecule has 4 nitrogen and oxygen atoms in total. The van der Waals surface area contributed by atoms with E-state index in [1.807, 2.05) is 6.07 Å². The van der Waals surface area contributed by atoms with Gasteiger partial charge in [0.05, 0.1) is 17.0 Å². The molecule has 0 radical (unpaired) electrons. The van der Waals surface area contributed by atoms with Gasteiger partial charge in [-0.1, -0.05) is 0 Å². The lowest BCUT2D eigenvalue weighted by Gasteiger charge is -2.22. The highest BCUT2D eigenvalue weighted by molar-refractivity contribution is 5.95. The number of rotatable bonds is 3. The van der Waals surface area contributed by atoms with E-state index >= 15 is 0 Å². The first-order valence-corrected chi connectivity index (χ1v) is 5.53. The molecule has 1 aromatic carbocycles. The summed E-state index contributed by atoms with van der Waals surface area (Å²) in [6.45, 7) is 5.12. The summed E-state index contributed by atoms with van der Waals surface area (Å²) in [7, 11) is 0. The molecular weight excluding hydrogens is 233 g/mol. The van der Waals surface area contributed by atoms with Crippen molar-refractivity contribution in [1.82, 2.24) is 0 Å². The van der Waals surface area contributed by atoms with E-state index in [4.69, 9.17) is 11.0 Å². The molecule has 96 valence electrons. The summed E-state index contributed by atoms with van der Waals surface area (Å²) in [5.41, 5.74) is 5.52. The van der Waals surface area contributed by atoms with E-state index in [-0.39, 0.29) is 18.0 Å².